The minimum atomic E-state index is -4.33. The number of pyridine rings is 1. The summed E-state index contributed by atoms with van der Waals surface area (Å²) in [6.45, 7) is 0. The van der Waals surface area contributed by atoms with Crippen LogP contribution in [-0.2, 0) is 6.18 Å². The van der Waals surface area contributed by atoms with Gasteiger partial charge < -0.3 is 0 Å². The van der Waals surface area contributed by atoms with E-state index in [0.717, 1.165) is 17.7 Å². The summed E-state index contributed by atoms with van der Waals surface area (Å²) >= 11 is 0. The summed E-state index contributed by atoms with van der Waals surface area (Å²) in [4.78, 5) is 3.96. The number of benzene rings is 1. The monoisotopic (exact) mass is 267 g/mol. The van der Waals surface area contributed by atoms with E-state index in [4.69, 9.17) is 5.84 Å². The quantitative estimate of drug-likeness (QED) is 0.664. The number of nitrogens with zero attached hydrogens (tertiary/aromatic N) is 1. The van der Waals surface area contributed by atoms with Crippen molar-refractivity contribution >= 4 is 0 Å². The SMILES string of the molecule is NNC(c1ccc(C(F)(F)F)cc1)c1cccnc1. The normalized spacial score (nSPS) is 13.3. The second-order valence-corrected chi connectivity index (χ2v) is 4.01. The zero-order chi connectivity index (χ0) is 13.9. The van der Waals surface area contributed by atoms with Crippen LogP contribution >= 0.6 is 0 Å². The second-order valence-electron chi connectivity index (χ2n) is 4.01. The van der Waals surface area contributed by atoms with Gasteiger partial charge in [0.15, 0.2) is 0 Å². The van der Waals surface area contributed by atoms with Gasteiger partial charge in [0.2, 0.25) is 0 Å². The molecule has 3 nitrogen and oxygen atoms in total. The average molecular weight is 267 g/mol. The molecule has 1 heterocycles. The van der Waals surface area contributed by atoms with Crippen molar-refractivity contribution in [2.45, 2.75) is 12.2 Å². The number of hydrogen-bond acceptors (Lipinski definition) is 3. The summed E-state index contributed by atoms with van der Waals surface area (Å²) in [7, 11) is 0. The fourth-order valence-corrected chi connectivity index (χ4v) is 1.80. The highest BCUT2D eigenvalue weighted by Crippen LogP contribution is 2.30. The van der Waals surface area contributed by atoms with Crippen LogP contribution < -0.4 is 11.3 Å². The van der Waals surface area contributed by atoms with Crippen LogP contribution in [0.4, 0.5) is 13.2 Å². The second kappa shape index (κ2) is 5.38. The summed E-state index contributed by atoms with van der Waals surface area (Å²) in [5.41, 5.74) is 3.31. The Labute approximate surface area is 108 Å². The van der Waals surface area contributed by atoms with E-state index in [1.165, 1.54) is 12.1 Å². The number of rotatable bonds is 3. The third-order valence-corrected chi connectivity index (χ3v) is 2.76. The van der Waals surface area contributed by atoms with Crippen molar-refractivity contribution in [1.29, 1.82) is 0 Å². The first-order valence-electron chi connectivity index (χ1n) is 5.55. The predicted molar refractivity (Wildman–Crippen MR) is 64.8 cm³/mol. The van der Waals surface area contributed by atoms with Gasteiger partial charge >= 0.3 is 6.18 Å². The van der Waals surface area contributed by atoms with E-state index in [1.807, 2.05) is 0 Å². The number of aromatic nitrogens is 1. The van der Waals surface area contributed by atoms with Gasteiger partial charge in [-0.05, 0) is 29.3 Å². The van der Waals surface area contributed by atoms with E-state index < -0.39 is 17.8 Å². The predicted octanol–water partition coefficient (Wildman–Crippen LogP) is 2.65. The van der Waals surface area contributed by atoms with Crippen LogP contribution in [0.15, 0.2) is 48.8 Å². The van der Waals surface area contributed by atoms with Crippen molar-refractivity contribution in [1.82, 2.24) is 10.4 Å². The van der Waals surface area contributed by atoms with Gasteiger partial charge in [-0.1, -0.05) is 18.2 Å². The fourth-order valence-electron chi connectivity index (χ4n) is 1.80. The molecule has 2 aromatic rings. The molecule has 19 heavy (non-hydrogen) atoms. The van der Waals surface area contributed by atoms with Crippen molar-refractivity contribution < 1.29 is 13.2 Å². The summed E-state index contributed by atoms with van der Waals surface area (Å²) in [5, 5.41) is 0. The summed E-state index contributed by atoms with van der Waals surface area (Å²) < 4.78 is 37.4. The standard InChI is InChI=1S/C13H12F3N3/c14-13(15,16)11-5-3-9(4-6-11)12(19-17)10-2-1-7-18-8-10/h1-8,12,19H,17H2. The van der Waals surface area contributed by atoms with Gasteiger partial charge in [0, 0.05) is 12.4 Å². The Morgan fingerprint density at radius 1 is 1.05 bits per heavy atom. The van der Waals surface area contributed by atoms with Crippen LogP contribution in [0.2, 0.25) is 0 Å². The molecule has 0 spiro atoms. The van der Waals surface area contributed by atoms with Gasteiger partial charge in [-0.25, -0.2) is 5.43 Å². The molecule has 0 saturated carbocycles. The number of nitrogens with two attached hydrogens (primary N) is 1. The van der Waals surface area contributed by atoms with E-state index in [9.17, 15) is 13.2 Å². The van der Waals surface area contributed by atoms with Crippen molar-refractivity contribution in [3.05, 3.63) is 65.5 Å². The van der Waals surface area contributed by atoms with Gasteiger partial charge in [0.1, 0.15) is 0 Å². The molecule has 0 aliphatic carbocycles. The molecule has 1 aromatic heterocycles. The van der Waals surface area contributed by atoms with Crippen molar-refractivity contribution in [2.75, 3.05) is 0 Å². The smallest absolute Gasteiger partial charge is 0.271 e. The van der Waals surface area contributed by atoms with Crippen LogP contribution in [0.1, 0.15) is 22.7 Å². The molecule has 6 heteroatoms. The molecule has 0 saturated heterocycles. The number of alkyl halides is 3. The third-order valence-electron chi connectivity index (χ3n) is 2.76. The van der Waals surface area contributed by atoms with E-state index in [-0.39, 0.29) is 0 Å². The van der Waals surface area contributed by atoms with E-state index in [2.05, 4.69) is 10.4 Å². The molecule has 0 aliphatic rings. The zero-order valence-electron chi connectivity index (χ0n) is 9.85. The van der Waals surface area contributed by atoms with Gasteiger partial charge in [-0.3, -0.25) is 10.8 Å². The zero-order valence-corrected chi connectivity index (χ0v) is 9.85. The molecule has 100 valence electrons. The highest BCUT2D eigenvalue weighted by atomic mass is 19.4. The van der Waals surface area contributed by atoms with E-state index in [0.29, 0.717) is 5.56 Å². The Morgan fingerprint density at radius 2 is 1.74 bits per heavy atom. The first kappa shape index (κ1) is 13.5. The highest BCUT2D eigenvalue weighted by Gasteiger charge is 2.30. The molecule has 0 bridgehead atoms. The molecule has 0 amide bonds. The molecule has 0 aliphatic heterocycles. The Balaban J connectivity index is 2.30. The Morgan fingerprint density at radius 3 is 2.21 bits per heavy atom. The molecule has 3 N–H and O–H groups in total. The maximum absolute atomic E-state index is 12.5. The summed E-state index contributed by atoms with van der Waals surface area (Å²) in [5.74, 6) is 5.46. The minimum Gasteiger partial charge on any atom is -0.271 e. The Kier molecular flexibility index (Phi) is 3.82. The fraction of sp³-hybridized carbons (Fsp3) is 0.154. The first-order chi connectivity index (χ1) is 9.02. The lowest BCUT2D eigenvalue weighted by Crippen LogP contribution is -2.28. The summed E-state index contributed by atoms with van der Waals surface area (Å²) in [6, 6.07) is 8.03. The number of halogens is 3. The van der Waals surface area contributed by atoms with Crippen LogP contribution in [0, 0.1) is 0 Å². The lowest BCUT2D eigenvalue weighted by atomic mass is 9.99. The average Bonchev–Trinajstić information content (AvgIpc) is 2.40. The molecule has 0 radical (unpaired) electrons. The highest BCUT2D eigenvalue weighted by molar-refractivity contribution is 5.32. The molecule has 2 rings (SSSR count). The van der Waals surface area contributed by atoms with Gasteiger partial charge in [0.05, 0.1) is 11.6 Å². The van der Waals surface area contributed by atoms with Crippen molar-refractivity contribution in [2.24, 2.45) is 5.84 Å². The molecule has 0 fully saturated rings. The maximum atomic E-state index is 12.5. The molecule has 1 unspecified atom stereocenters. The first-order valence-corrected chi connectivity index (χ1v) is 5.55. The largest absolute Gasteiger partial charge is 0.416 e. The lowest BCUT2D eigenvalue weighted by molar-refractivity contribution is -0.137. The molecular formula is C13H12F3N3. The molecule has 1 atom stereocenters. The van der Waals surface area contributed by atoms with E-state index >= 15 is 0 Å². The van der Waals surface area contributed by atoms with Gasteiger partial charge in [0.25, 0.3) is 0 Å². The van der Waals surface area contributed by atoms with Crippen molar-refractivity contribution in [3.63, 3.8) is 0 Å². The number of nitrogens with one attached hydrogen (secondary N) is 1. The topological polar surface area (TPSA) is 50.9 Å². The van der Waals surface area contributed by atoms with Gasteiger partial charge in [-0.15, -0.1) is 0 Å². The Hall–Kier alpha value is -1.92. The maximum Gasteiger partial charge on any atom is 0.416 e. The molecule has 1 aromatic carbocycles. The minimum absolute atomic E-state index is 0.393. The lowest BCUT2D eigenvalue weighted by Gasteiger charge is -2.17. The number of hydrogen-bond donors (Lipinski definition) is 2. The Bertz CT molecular complexity index is 523. The van der Waals surface area contributed by atoms with E-state index in [1.54, 1.807) is 24.5 Å². The van der Waals surface area contributed by atoms with Crippen LogP contribution in [0.25, 0.3) is 0 Å². The van der Waals surface area contributed by atoms with Crippen LogP contribution in [0.5, 0.6) is 0 Å². The number of hydrazine groups is 1. The van der Waals surface area contributed by atoms with Crippen LogP contribution in [-0.4, -0.2) is 4.98 Å². The third kappa shape index (κ3) is 3.10. The summed E-state index contributed by atoms with van der Waals surface area (Å²) in [6.07, 6.45) is -1.11. The van der Waals surface area contributed by atoms with Crippen LogP contribution in [0.3, 0.4) is 0 Å². The van der Waals surface area contributed by atoms with Crippen molar-refractivity contribution in [3.8, 4) is 0 Å². The van der Waals surface area contributed by atoms with Gasteiger partial charge in [-0.2, -0.15) is 13.2 Å². The molecular weight excluding hydrogens is 255 g/mol.